The van der Waals surface area contributed by atoms with E-state index in [0.29, 0.717) is 33.2 Å². The molecule has 1 aromatic heterocycles. The number of ether oxygens (including phenoxy) is 2. The third-order valence-corrected chi connectivity index (χ3v) is 6.74. The second kappa shape index (κ2) is 10.8. The molecule has 2 aromatic rings. The van der Waals surface area contributed by atoms with Gasteiger partial charge in [0.15, 0.2) is 5.78 Å². The molecule has 3 rings (SSSR count). The zero-order valence-electron chi connectivity index (χ0n) is 17.7. The van der Waals surface area contributed by atoms with Crippen LogP contribution in [0.1, 0.15) is 28.1 Å². The Morgan fingerprint density at radius 2 is 2.06 bits per heavy atom. The molecule has 0 radical (unpaired) electrons. The maximum atomic E-state index is 12.8. The number of allylic oxidation sites excluding steroid dienone is 2. The van der Waals surface area contributed by atoms with Crippen molar-refractivity contribution < 1.29 is 19.1 Å². The summed E-state index contributed by atoms with van der Waals surface area (Å²) < 4.78 is 10.4. The van der Waals surface area contributed by atoms with Crippen LogP contribution in [0.3, 0.4) is 0 Å². The van der Waals surface area contributed by atoms with Gasteiger partial charge in [0.25, 0.3) is 0 Å². The van der Waals surface area contributed by atoms with Gasteiger partial charge in [-0.15, -0.1) is 11.3 Å². The van der Waals surface area contributed by atoms with E-state index >= 15 is 0 Å². The number of carbonyl (C=O) groups excluding carboxylic acids is 2. The minimum Gasteiger partial charge on any atom is -0.497 e. The summed E-state index contributed by atoms with van der Waals surface area (Å²) in [4.78, 5) is 26.3. The molecule has 0 amide bonds. The number of carbonyl (C=O) groups is 2. The van der Waals surface area contributed by atoms with Crippen molar-refractivity contribution in [3.8, 4) is 11.8 Å². The normalized spacial score (nSPS) is 15.6. The Morgan fingerprint density at radius 3 is 2.66 bits per heavy atom. The fraction of sp³-hybridized carbons (Fsp3) is 0.208. The fourth-order valence-electron chi connectivity index (χ4n) is 3.25. The molecule has 2 heterocycles. The Labute approximate surface area is 195 Å². The van der Waals surface area contributed by atoms with E-state index in [1.54, 1.807) is 38.3 Å². The third kappa shape index (κ3) is 5.13. The standard InChI is InChI=1S/C24H22N2O4S2/c1-4-11-30-24(28)21-15(2)26-23(18(13-25)22(21)20-6-5-12-31-20)32-14-19(27)16-7-9-17(29-3)10-8-16/h4-10,12,22,26H,1,11,14H2,2-3H3. The van der Waals surface area contributed by atoms with Crippen molar-refractivity contribution in [2.24, 2.45) is 0 Å². The number of hydrogen-bond donors (Lipinski definition) is 1. The highest BCUT2D eigenvalue weighted by Gasteiger charge is 2.36. The van der Waals surface area contributed by atoms with Crippen LogP contribution >= 0.6 is 23.1 Å². The molecular formula is C24H22N2O4S2. The van der Waals surface area contributed by atoms with Crippen molar-refractivity contribution in [2.45, 2.75) is 12.8 Å². The van der Waals surface area contributed by atoms with Gasteiger partial charge in [-0.3, -0.25) is 4.79 Å². The summed E-state index contributed by atoms with van der Waals surface area (Å²) in [6.07, 6.45) is 1.50. The average Bonchev–Trinajstić information content (AvgIpc) is 3.35. The third-order valence-electron chi connectivity index (χ3n) is 4.79. The first-order chi connectivity index (χ1) is 15.5. The van der Waals surface area contributed by atoms with Crippen LogP contribution in [0, 0.1) is 11.3 Å². The second-order valence-corrected chi connectivity index (χ2v) is 8.76. The fourth-order valence-corrected chi connectivity index (χ4v) is 5.08. The smallest absolute Gasteiger partial charge is 0.337 e. The molecule has 0 saturated carbocycles. The van der Waals surface area contributed by atoms with Gasteiger partial charge in [-0.05, 0) is 42.6 Å². The highest BCUT2D eigenvalue weighted by Crippen LogP contribution is 2.42. The number of hydrogen-bond acceptors (Lipinski definition) is 8. The number of esters is 1. The number of dihydropyridines is 1. The number of nitriles is 1. The Morgan fingerprint density at radius 1 is 1.31 bits per heavy atom. The number of thioether (sulfide) groups is 1. The van der Waals surface area contributed by atoms with Gasteiger partial charge in [-0.1, -0.05) is 30.5 Å². The van der Waals surface area contributed by atoms with Crippen LogP contribution in [0.4, 0.5) is 0 Å². The molecule has 1 atom stereocenters. The highest BCUT2D eigenvalue weighted by atomic mass is 32.2. The first kappa shape index (κ1) is 23.4. The van der Waals surface area contributed by atoms with Crippen LogP contribution in [0.25, 0.3) is 0 Å². The van der Waals surface area contributed by atoms with E-state index in [9.17, 15) is 14.9 Å². The molecule has 1 aromatic carbocycles. The van der Waals surface area contributed by atoms with Crippen LogP contribution < -0.4 is 10.1 Å². The van der Waals surface area contributed by atoms with Gasteiger partial charge in [0.2, 0.25) is 0 Å². The SMILES string of the molecule is C=CCOC(=O)C1=C(C)NC(SCC(=O)c2ccc(OC)cc2)=C(C#N)C1c1cccs1. The Hall–Kier alpha value is -3.28. The van der Waals surface area contributed by atoms with Gasteiger partial charge in [0.1, 0.15) is 12.4 Å². The van der Waals surface area contributed by atoms with E-state index < -0.39 is 11.9 Å². The van der Waals surface area contributed by atoms with E-state index in [2.05, 4.69) is 18.0 Å². The monoisotopic (exact) mass is 466 g/mol. The lowest BCUT2D eigenvalue weighted by Crippen LogP contribution is -2.28. The predicted octanol–water partition coefficient (Wildman–Crippen LogP) is 4.80. The zero-order chi connectivity index (χ0) is 23.1. The van der Waals surface area contributed by atoms with Crippen LogP contribution in [-0.2, 0) is 9.53 Å². The highest BCUT2D eigenvalue weighted by molar-refractivity contribution is 8.03. The summed E-state index contributed by atoms with van der Waals surface area (Å²) in [6, 6.07) is 12.9. The molecule has 8 heteroatoms. The predicted molar refractivity (Wildman–Crippen MR) is 126 cm³/mol. The molecule has 1 aliphatic rings. The van der Waals surface area contributed by atoms with Gasteiger partial charge in [0.05, 0.1) is 41.0 Å². The molecular weight excluding hydrogens is 444 g/mol. The van der Waals surface area contributed by atoms with E-state index in [-0.39, 0.29) is 18.1 Å². The molecule has 0 bridgehead atoms. The maximum absolute atomic E-state index is 12.8. The van der Waals surface area contributed by atoms with Crippen molar-refractivity contribution in [1.29, 1.82) is 5.26 Å². The number of ketones is 1. The van der Waals surface area contributed by atoms with Crippen molar-refractivity contribution in [3.05, 3.63) is 86.7 Å². The summed E-state index contributed by atoms with van der Waals surface area (Å²) >= 11 is 2.71. The lowest BCUT2D eigenvalue weighted by Gasteiger charge is -2.28. The molecule has 1 unspecified atom stereocenters. The number of nitrogens with one attached hydrogen (secondary N) is 1. The minimum absolute atomic E-state index is 0.0743. The first-order valence-electron chi connectivity index (χ1n) is 9.73. The summed E-state index contributed by atoms with van der Waals surface area (Å²) in [5.74, 6) is -0.320. The molecule has 0 fully saturated rings. The molecule has 164 valence electrons. The number of rotatable bonds is 9. The maximum Gasteiger partial charge on any atom is 0.337 e. The molecule has 1 N–H and O–H groups in total. The molecule has 6 nitrogen and oxygen atoms in total. The Balaban J connectivity index is 1.88. The lowest BCUT2D eigenvalue weighted by atomic mass is 9.87. The largest absolute Gasteiger partial charge is 0.497 e. The summed E-state index contributed by atoms with van der Waals surface area (Å²) in [6.45, 7) is 5.42. The van der Waals surface area contributed by atoms with Gasteiger partial charge in [-0.25, -0.2) is 4.79 Å². The Kier molecular flexibility index (Phi) is 7.92. The van der Waals surface area contributed by atoms with Gasteiger partial charge in [0, 0.05) is 16.1 Å². The zero-order valence-corrected chi connectivity index (χ0v) is 19.3. The summed E-state index contributed by atoms with van der Waals surface area (Å²) in [5, 5.41) is 15.6. The molecule has 1 aliphatic heterocycles. The van der Waals surface area contributed by atoms with Crippen LogP contribution in [0.5, 0.6) is 5.75 Å². The Bertz CT molecular complexity index is 1110. The van der Waals surface area contributed by atoms with Gasteiger partial charge < -0.3 is 14.8 Å². The minimum atomic E-state index is -0.558. The molecule has 0 aliphatic carbocycles. The van der Waals surface area contributed by atoms with E-state index in [0.717, 1.165) is 4.88 Å². The van der Waals surface area contributed by atoms with Crippen LogP contribution in [0.15, 0.2) is 76.3 Å². The second-order valence-electron chi connectivity index (χ2n) is 6.79. The van der Waals surface area contributed by atoms with Crippen molar-refractivity contribution in [2.75, 3.05) is 19.5 Å². The van der Waals surface area contributed by atoms with E-state index in [1.165, 1.54) is 29.2 Å². The molecule has 32 heavy (non-hydrogen) atoms. The summed E-state index contributed by atoms with van der Waals surface area (Å²) in [5.41, 5.74) is 1.92. The number of Topliss-reactive ketones (excluding diaryl/α,β-unsaturated/α-hetero) is 1. The van der Waals surface area contributed by atoms with Crippen molar-refractivity contribution in [1.82, 2.24) is 5.32 Å². The summed E-state index contributed by atoms with van der Waals surface area (Å²) in [7, 11) is 1.57. The van der Waals surface area contributed by atoms with Crippen molar-refractivity contribution >= 4 is 34.9 Å². The quantitative estimate of drug-likeness (QED) is 0.323. The van der Waals surface area contributed by atoms with E-state index in [4.69, 9.17) is 9.47 Å². The first-order valence-corrected chi connectivity index (χ1v) is 11.6. The lowest BCUT2D eigenvalue weighted by molar-refractivity contribution is -0.138. The van der Waals surface area contributed by atoms with Crippen molar-refractivity contribution in [3.63, 3.8) is 0 Å². The number of nitrogens with zero attached hydrogens (tertiary/aromatic N) is 1. The van der Waals surface area contributed by atoms with Crippen LogP contribution in [0.2, 0.25) is 0 Å². The van der Waals surface area contributed by atoms with E-state index in [1.807, 2.05) is 17.5 Å². The topological polar surface area (TPSA) is 88.4 Å². The number of thiophene rings is 1. The van der Waals surface area contributed by atoms with Gasteiger partial charge >= 0.3 is 5.97 Å². The molecule has 0 spiro atoms. The van der Waals surface area contributed by atoms with Crippen LogP contribution in [-0.4, -0.2) is 31.2 Å². The molecule has 0 saturated heterocycles. The van der Waals surface area contributed by atoms with Gasteiger partial charge in [-0.2, -0.15) is 5.26 Å². The average molecular weight is 467 g/mol. The number of benzene rings is 1. The number of methoxy groups -OCH3 is 1.